The highest BCUT2D eigenvalue weighted by Gasteiger charge is 2.45. The Hall–Kier alpha value is -6.45. The highest BCUT2D eigenvalue weighted by molar-refractivity contribution is 6.35. The van der Waals surface area contributed by atoms with Crippen LogP contribution in [0.5, 0.6) is 5.75 Å². The van der Waals surface area contributed by atoms with E-state index < -0.39 is 131 Å². The standard InChI is InChI=1S/C57H89N7O15/c1-15-34(8)28-39(66)30-46(67)79-49(33(6)7)48(68)35(9)51(70)59-41(26-31(2)3)54(73)64-25-17-19-43(64)56(75)62(13)45(29-38-20-22-40(77-14)23-21-38)57(76)78-37(11)47(50(58)69)60-52(71)44(27-32(4)5)61(12)55(74)42-18-16-24-63(42)53(72)36(10)65/h20-23,31-35,37,39,41-45,47,49,66H,15-19,24-30H2,1-14H3,(H2,58,69)(H,59,70)(H,60,71)/t34-,35-,37+,39+,41-,42?,43-,44+,45-,47-,49?/m0/s1. The van der Waals surface area contributed by atoms with Crippen LogP contribution < -0.4 is 21.1 Å². The highest BCUT2D eigenvalue weighted by atomic mass is 16.6. The zero-order chi connectivity index (χ0) is 59.7. The van der Waals surface area contributed by atoms with Crippen LogP contribution in [-0.4, -0.2) is 178 Å². The summed E-state index contributed by atoms with van der Waals surface area (Å²) in [4.78, 5) is 155. The SMILES string of the molecule is CC[C@H](C)C[C@@H](O)CC(=O)OC(C(=O)[C@H](C)C(=O)N[C@@H](CC(C)C)C(=O)N1CCC[C@H]1C(=O)N(C)[C@@H](Cc1ccc(OC)cc1)C(=O)O[C@H](C)[C@H](NC(=O)[C@@H](CC(C)C)N(C)C(=O)C1CCCN1C(=O)C(C)=O)C(N)=O)C(C)C. The summed E-state index contributed by atoms with van der Waals surface area (Å²) >= 11 is 0. The minimum atomic E-state index is -1.64. The molecule has 0 saturated carbocycles. The second-order valence-corrected chi connectivity index (χ2v) is 22.6. The van der Waals surface area contributed by atoms with Gasteiger partial charge in [0, 0.05) is 40.5 Å². The molecule has 0 bridgehead atoms. The van der Waals surface area contributed by atoms with Crippen LogP contribution in [0.25, 0.3) is 0 Å². The van der Waals surface area contributed by atoms with Gasteiger partial charge in [-0.05, 0) is 100 Å². The average molecular weight is 1110 g/mol. The number of hydrogen-bond donors (Lipinski definition) is 4. The van der Waals surface area contributed by atoms with Gasteiger partial charge in [-0.25, -0.2) is 4.79 Å². The number of Topliss-reactive ketones (excluding diaryl/α,β-unsaturated/α-hetero) is 2. The van der Waals surface area contributed by atoms with Crippen LogP contribution >= 0.6 is 0 Å². The van der Waals surface area contributed by atoms with Gasteiger partial charge in [0.25, 0.3) is 5.91 Å². The summed E-state index contributed by atoms with van der Waals surface area (Å²) in [6, 6.07) is -0.818. The van der Waals surface area contributed by atoms with E-state index in [9.17, 15) is 57.8 Å². The zero-order valence-corrected chi connectivity index (χ0v) is 48.9. The number of ketones is 2. The summed E-state index contributed by atoms with van der Waals surface area (Å²) in [6.45, 7) is 18.7. The Morgan fingerprint density at radius 1 is 0.734 bits per heavy atom. The minimum Gasteiger partial charge on any atom is -0.497 e. The van der Waals surface area contributed by atoms with Gasteiger partial charge in [-0.2, -0.15) is 0 Å². The van der Waals surface area contributed by atoms with E-state index in [0.717, 1.165) is 18.2 Å². The lowest BCUT2D eigenvalue weighted by Crippen LogP contribution is -2.60. The molecule has 1 aromatic carbocycles. The van der Waals surface area contributed by atoms with Crippen molar-refractivity contribution in [3.8, 4) is 5.75 Å². The molecule has 22 heteroatoms. The number of likely N-dealkylation sites (N-methyl/N-ethyl adjacent to an activating group) is 2. The molecular formula is C57H89N7O15. The van der Waals surface area contributed by atoms with Crippen LogP contribution in [0.15, 0.2) is 24.3 Å². The van der Waals surface area contributed by atoms with Crippen molar-refractivity contribution in [2.75, 3.05) is 34.3 Å². The molecule has 442 valence electrons. The fourth-order valence-corrected chi connectivity index (χ4v) is 9.97. The first kappa shape index (κ1) is 66.8. The van der Waals surface area contributed by atoms with Crippen LogP contribution in [0.4, 0.5) is 0 Å². The fraction of sp³-hybridized carbons (Fsp3) is 0.702. The lowest BCUT2D eigenvalue weighted by molar-refractivity contribution is -0.162. The number of rotatable bonds is 30. The Morgan fingerprint density at radius 2 is 1.28 bits per heavy atom. The molecule has 7 amide bonds. The molecule has 0 aromatic heterocycles. The van der Waals surface area contributed by atoms with Crippen LogP contribution in [0.3, 0.4) is 0 Å². The third-order valence-electron chi connectivity index (χ3n) is 14.8. The quantitative estimate of drug-likeness (QED) is 0.0489. The third-order valence-corrected chi connectivity index (χ3v) is 14.8. The van der Waals surface area contributed by atoms with Gasteiger partial charge in [-0.1, -0.05) is 73.9 Å². The number of hydrogen-bond acceptors (Lipinski definition) is 15. The second-order valence-electron chi connectivity index (χ2n) is 22.6. The van der Waals surface area contributed by atoms with Crippen molar-refractivity contribution in [3.05, 3.63) is 29.8 Å². The Morgan fingerprint density at radius 3 is 1.78 bits per heavy atom. The van der Waals surface area contributed by atoms with E-state index in [4.69, 9.17) is 19.9 Å². The van der Waals surface area contributed by atoms with Crippen LogP contribution in [-0.2, 0) is 68.6 Å². The number of amides is 7. The van der Waals surface area contributed by atoms with E-state index in [1.165, 1.54) is 49.8 Å². The Kier molecular flexibility index (Phi) is 26.0. The van der Waals surface area contributed by atoms with Crippen molar-refractivity contribution in [1.82, 2.24) is 30.2 Å². The van der Waals surface area contributed by atoms with E-state index in [2.05, 4.69) is 10.6 Å². The lowest BCUT2D eigenvalue weighted by atomic mass is 9.92. The van der Waals surface area contributed by atoms with Crippen molar-refractivity contribution in [2.24, 2.45) is 35.3 Å². The Labute approximate surface area is 465 Å². The van der Waals surface area contributed by atoms with Crippen molar-refractivity contribution < 1.29 is 72.1 Å². The summed E-state index contributed by atoms with van der Waals surface area (Å²) in [7, 11) is 4.25. The first-order valence-corrected chi connectivity index (χ1v) is 27.8. The number of ether oxygens (including phenoxy) is 3. The zero-order valence-electron chi connectivity index (χ0n) is 48.9. The molecule has 3 rings (SSSR count). The van der Waals surface area contributed by atoms with E-state index in [-0.39, 0.29) is 69.4 Å². The molecule has 2 aliphatic rings. The molecule has 22 nitrogen and oxygen atoms in total. The van der Waals surface area contributed by atoms with E-state index >= 15 is 0 Å². The number of benzene rings is 1. The maximum Gasteiger partial charge on any atom is 0.329 e. The van der Waals surface area contributed by atoms with Crippen LogP contribution in [0.2, 0.25) is 0 Å². The fourth-order valence-electron chi connectivity index (χ4n) is 9.97. The smallest absolute Gasteiger partial charge is 0.329 e. The first-order valence-electron chi connectivity index (χ1n) is 27.8. The van der Waals surface area contributed by atoms with Crippen LogP contribution in [0.1, 0.15) is 140 Å². The molecule has 2 heterocycles. The number of nitrogens with two attached hydrogens (primary N) is 1. The number of primary amides is 1. The maximum absolute atomic E-state index is 14.8. The Bertz CT molecular complexity index is 2330. The minimum absolute atomic E-state index is 0.116. The number of nitrogens with zero attached hydrogens (tertiary/aromatic N) is 4. The molecule has 5 N–H and O–H groups in total. The molecule has 2 unspecified atom stereocenters. The van der Waals surface area contributed by atoms with Gasteiger partial charge >= 0.3 is 11.9 Å². The van der Waals surface area contributed by atoms with Gasteiger partial charge in [0.1, 0.15) is 48.1 Å². The Balaban J connectivity index is 1.89. The highest BCUT2D eigenvalue weighted by Crippen LogP contribution is 2.27. The van der Waals surface area contributed by atoms with E-state index in [1.54, 1.807) is 38.1 Å². The molecular weight excluding hydrogens is 1020 g/mol. The largest absolute Gasteiger partial charge is 0.497 e. The summed E-state index contributed by atoms with van der Waals surface area (Å²) in [5, 5.41) is 15.8. The molecule has 1 aromatic rings. The van der Waals surface area contributed by atoms with Gasteiger partial charge in [-0.15, -0.1) is 0 Å². The van der Waals surface area contributed by atoms with E-state index in [1.807, 2.05) is 41.5 Å². The molecule has 2 saturated heterocycles. The number of nitrogens with one attached hydrogen (secondary N) is 2. The van der Waals surface area contributed by atoms with Gasteiger partial charge in [0.15, 0.2) is 11.9 Å². The number of carbonyl (C=O) groups is 11. The van der Waals surface area contributed by atoms with Crippen molar-refractivity contribution in [2.45, 2.75) is 195 Å². The van der Waals surface area contributed by atoms with Crippen molar-refractivity contribution >= 4 is 64.9 Å². The second kappa shape index (κ2) is 30.8. The van der Waals surface area contributed by atoms with Gasteiger partial charge in [0.05, 0.1) is 25.6 Å². The number of aliphatic hydroxyl groups is 1. The topological polar surface area (TPSA) is 299 Å². The van der Waals surface area contributed by atoms with E-state index in [0.29, 0.717) is 30.6 Å². The predicted octanol–water partition coefficient (Wildman–Crippen LogP) is 2.90. The molecule has 0 spiro atoms. The lowest BCUT2D eigenvalue weighted by Gasteiger charge is -2.35. The number of esters is 2. The summed E-state index contributed by atoms with van der Waals surface area (Å²) < 4.78 is 16.8. The number of carbonyl (C=O) groups excluding carboxylic acids is 11. The summed E-state index contributed by atoms with van der Waals surface area (Å²) in [5.41, 5.74) is 6.41. The summed E-state index contributed by atoms with van der Waals surface area (Å²) in [6.07, 6.45) is -1.43. The molecule has 79 heavy (non-hydrogen) atoms. The number of aliphatic hydroxyl groups excluding tert-OH is 1. The monoisotopic (exact) mass is 1110 g/mol. The summed E-state index contributed by atoms with van der Waals surface area (Å²) in [5.74, 6) is -10.0. The molecule has 2 aliphatic heterocycles. The maximum atomic E-state index is 14.8. The van der Waals surface area contributed by atoms with Crippen molar-refractivity contribution in [3.63, 3.8) is 0 Å². The number of methoxy groups -OCH3 is 1. The molecule has 0 aliphatic carbocycles. The predicted molar refractivity (Wildman–Crippen MR) is 291 cm³/mol. The third kappa shape index (κ3) is 18.8. The van der Waals surface area contributed by atoms with Gasteiger partial charge in [0.2, 0.25) is 41.2 Å². The number of likely N-dealkylation sites (tertiary alicyclic amines) is 2. The molecule has 11 atom stereocenters. The molecule has 0 radical (unpaired) electrons. The van der Waals surface area contributed by atoms with Crippen molar-refractivity contribution in [1.29, 1.82) is 0 Å². The van der Waals surface area contributed by atoms with Crippen LogP contribution in [0, 0.1) is 29.6 Å². The van der Waals surface area contributed by atoms with Gasteiger partial charge < -0.3 is 55.3 Å². The van der Waals surface area contributed by atoms with Gasteiger partial charge in [-0.3, -0.25) is 47.9 Å². The normalized spacial score (nSPS) is 18.8. The molecule has 2 fully saturated rings. The average Bonchev–Trinajstić information content (AvgIpc) is 4.12. The first-order chi connectivity index (χ1) is 36.9.